The van der Waals surface area contributed by atoms with Gasteiger partial charge < -0.3 is 14.8 Å². The van der Waals surface area contributed by atoms with Crippen LogP contribution in [-0.2, 0) is 4.79 Å². The molecule has 0 aliphatic rings. The van der Waals surface area contributed by atoms with Crippen molar-refractivity contribution in [2.75, 3.05) is 7.11 Å². The van der Waals surface area contributed by atoms with Gasteiger partial charge in [0, 0.05) is 0 Å². The minimum Gasteiger partial charge on any atom is -0.496 e. The average molecular weight is 370 g/mol. The van der Waals surface area contributed by atoms with Crippen molar-refractivity contribution in [1.29, 1.82) is 0 Å². The van der Waals surface area contributed by atoms with Gasteiger partial charge in [-0.2, -0.15) is 0 Å². The molecule has 0 fully saturated rings. The molecule has 2 rings (SSSR count). The van der Waals surface area contributed by atoms with Gasteiger partial charge in [0.2, 0.25) is 0 Å². The Morgan fingerprint density at radius 1 is 0.963 bits per heavy atom. The van der Waals surface area contributed by atoms with Crippen LogP contribution in [0.3, 0.4) is 0 Å². The second-order valence-corrected chi connectivity index (χ2v) is 6.96. The molecular formula is C23H31NO3. The van der Waals surface area contributed by atoms with Gasteiger partial charge in [0.05, 0.1) is 13.2 Å². The lowest BCUT2D eigenvalue weighted by molar-refractivity contribution is -0.128. The van der Waals surface area contributed by atoms with E-state index in [0.29, 0.717) is 6.42 Å². The highest BCUT2D eigenvalue weighted by atomic mass is 16.5. The highest BCUT2D eigenvalue weighted by Gasteiger charge is 2.22. The third kappa shape index (κ3) is 5.25. The predicted octanol–water partition coefficient (Wildman–Crippen LogP) is 5.05. The molecule has 1 N–H and O–H groups in total. The molecule has 146 valence electrons. The van der Waals surface area contributed by atoms with Crippen LogP contribution in [0.2, 0.25) is 0 Å². The summed E-state index contributed by atoms with van der Waals surface area (Å²) in [6.07, 6.45) is 0.898. The van der Waals surface area contributed by atoms with Crippen molar-refractivity contribution < 1.29 is 14.3 Å². The van der Waals surface area contributed by atoms with E-state index in [1.54, 1.807) is 7.11 Å². The van der Waals surface area contributed by atoms with E-state index >= 15 is 0 Å². The summed E-state index contributed by atoms with van der Waals surface area (Å²) in [5.41, 5.74) is 4.50. The van der Waals surface area contributed by atoms with E-state index < -0.39 is 6.10 Å². The molecule has 0 aromatic heterocycles. The average Bonchev–Trinajstić information content (AvgIpc) is 2.66. The molecule has 0 saturated heterocycles. The van der Waals surface area contributed by atoms with Crippen LogP contribution in [-0.4, -0.2) is 19.1 Å². The molecular weight excluding hydrogens is 338 g/mol. The van der Waals surface area contributed by atoms with Gasteiger partial charge in [-0.05, 0) is 74.1 Å². The van der Waals surface area contributed by atoms with Gasteiger partial charge in [-0.25, -0.2) is 0 Å². The molecule has 0 aliphatic carbocycles. The molecule has 27 heavy (non-hydrogen) atoms. The zero-order valence-corrected chi connectivity index (χ0v) is 17.3. The summed E-state index contributed by atoms with van der Waals surface area (Å²) in [6, 6.07) is 11.9. The molecule has 2 unspecified atom stereocenters. The number of hydrogen-bond donors (Lipinski definition) is 1. The highest BCUT2D eigenvalue weighted by Crippen LogP contribution is 2.25. The van der Waals surface area contributed by atoms with Gasteiger partial charge >= 0.3 is 0 Å². The van der Waals surface area contributed by atoms with E-state index in [0.717, 1.165) is 34.6 Å². The smallest absolute Gasteiger partial charge is 0.261 e. The van der Waals surface area contributed by atoms with Crippen LogP contribution in [0.4, 0.5) is 0 Å². The van der Waals surface area contributed by atoms with E-state index in [1.807, 2.05) is 51.1 Å². The van der Waals surface area contributed by atoms with Gasteiger partial charge in [-0.1, -0.05) is 32.0 Å². The number of carbonyl (C=O) groups excluding carboxylic acids is 1. The maximum absolute atomic E-state index is 12.8. The minimum atomic E-state index is -0.513. The van der Waals surface area contributed by atoms with Crippen LogP contribution >= 0.6 is 0 Å². The first kappa shape index (κ1) is 20.8. The molecule has 0 saturated carbocycles. The first-order valence-electron chi connectivity index (χ1n) is 9.58. The third-order valence-electron chi connectivity index (χ3n) is 4.97. The lowest BCUT2D eigenvalue weighted by atomic mass is 10.0. The van der Waals surface area contributed by atoms with E-state index in [9.17, 15) is 4.79 Å². The maximum Gasteiger partial charge on any atom is 0.261 e. The SMILES string of the molecule is CCC(Oc1ccc(C)c(C)c1)C(=O)NC(CC)c1ccc(OC)c(C)c1. The summed E-state index contributed by atoms with van der Waals surface area (Å²) in [4.78, 5) is 12.8. The second-order valence-electron chi connectivity index (χ2n) is 6.96. The van der Waals surface area contributed by atoms with E-state index in [-0.39, 0.29) is 11.9 Å². The number of nitrogens with one attached hydrogen (secondary N) is 1. The number of benzene rings is 2. The van der Waals surface area contributed by atoms with Gasteiger partial charge in [-0.15, -0.1) is 0 Å². The molecule has 0 heterocycles. The number of methoxy groups -OCH3 is 1. The first-order valence-corrected chi connectivity index (χ1v) is 9.58. The zero-order valence-electron chi connectivity index (χ0n) is 17.3. The highest BCUT2D eigenvalue weighted by molar-refractivity contribution is 5.81. The van der Waals surface area contributed by atoms with E-state index in [1.165, 1.54) is 5.56 Å². The summed E-state index contributed by atoms with van der Waals surface area (Å²) >= 11 is 0. The quantitative estimate of drug-likeness (QED) is 0.709. The Labute approximate surface area is 162 Å². The predicted molar refractivity (Wildman–Crippen MR) is 110 cm³/mol. The zero-order chi connectivity index (χ0) is 20.0. The monoisotopic (exact) mass is 369 g/mol. The van der Waals surface area contributed by atoms with Crippen LogP contribution in [0.1, 0.15) is 55.0 Å². The Morgan fingerprint density at radius 3 is 2.26 bits per heavy atom. The molecule has 4 heteroatoms. The van der Waals surface area contributed by atoms with E-state index in [2.05, 4.69) is 25.2 Å². The van der Waals surface area contributed by atoms with Crippen molar-refractivity contribution in [3.05, 3.63) is 58.7 Å². The van der Waals surface area contributed by atoms with Gasteiger partial charge in [0.25, 0.3) is 5.91 Å². The molecule has 0 aliphatic heterocycles. The fraction of sp³-hybridized carbons (Fsp3) is 0.435. The van der Waals surface area contributed by atoms with Crippen molar-refractivity contribution in [3.63, 3.8) is 0 Å². The van der Waals surface area contributed by atoms with Crippen molar-refractivity contribution >= 4 is 5.91 Å². The van der Waals surface area contributed by atoms with Gasteiger partial charge in [-0.3, -0.25) is 4.79 Å². The van der Waals surface area contributed by atoms with Gasteiger partial charge in [0.15, 0.2) is 6.10 Å². The third-order valence-corrected chi connectivity index (χ3v) is 4.97. The first-order chi connectivity index (χ1) is 12.9. The summed E-state index contributed by atoms with van der Waals surface area (Å²) in [5, 5.41) is 3.14. The number of ether oxygens (including phenoxy) is 2. The number of carbonyl (C=O) groups is 1. The Bertz CT molecular complexity index is 785. The largest absolute Gasteiger partial charge is 0.496 e. The summed E-state index contributed by atoms with van der Waals surface area (Å²) < 4.78 is 11.3. The number of hydrogen-bond acceptors (Lipinski definition) is 3. The molecule has 0 spiro atoms. The van der Waals surface area contributed by atoms with Crippen LogP contribution < -0.4 is 14.8 Å². The standard InChI is InChI=1S/C23H31NO3/c1-7-20(18-10-12-22(26-6)17(5)13-18)24-23(25)21(8-2)27-19-11-9-15(3)16(4)14-19/h9-14,20-21H,7-8H2,1-6H3,(H,24,25). The van der Waals surface area contributed by atoms with Crippen molar-refractivity contribution in [2.24, 2.45) is 0 Å². The molecule has 2 aromatic carbocycles. The van der Waals surface area contributed by atoms with Crippen molar-refractivity contribution in [2.45, 2.75) is 59.6 Å². The number of rotatable bonds is 8. The van der Waals surface area contributed by atoms with Crippen LogP contribution in [0, 0.1) is 20.8 Å². The fourth-order valence-electron chi connectivity index (χ4n) is 3.08. The van der Waals surface area contributed by atoms with E-state index in [4.69, 9.17) is 9.47 Å². The summed E-state index contributed by atoms with van der Waals surface area (Å²) in [5.74, 6) is 1.49. The number of amides is 1. The normalized spacial score (nSPS) is 13.0. The molecule has 0 bridgehead atoms. The van der Waals surface area contributed by atoms with Crippen molar-refractivity contribution in [1.82, 2.24) is 5.32 Å². The second kappa shape index (κ2) is 9.45. The Kier molecular flexibility index (Phi) is 7.28. The topological polar surface area (TPSA) is 47.6 Å². The summed E-state index contributed by atoms with van der Waals surface area (Å²) in [7, 11) is 1.66. The fourth-order valence-corrected chi connectivity index (χ4v) is 3.08. The molecule has 2 atom stereocenters. The van der Waals surface area contributed by atoms with Crippen LogP contribution in [0.15, 0.2) is 36.4 Å². The molecule has 1 amide bonds. The maximum atomic E-state index is 12.8. The minimum absolute atomic E-state index is 0.0560. The molecule has 0 radical (unpaired) electrons. The lowest BCUT2D eigenvalue weighted by Crippen LogP contribution is -2.40. The van der Waals surface area contributed by atoms with Gasteiger partial charge in [0.1, 0.15) is 11.5 Å². The Morgan fingerprint density at radius 2 is 1.70 bits per heavy atom. The number of aryl methyl sites for hydroxylation is 3. The molecule has 4 nitrogen and oxygen atoms in total. The van der Waals surface area contributed by atoms with Crippen LogP contribution in [0.5, 0.6) is 11.5 Å². The molecule has 2 aromatic rings. The lowest BCUT2D eigenvalue weighted by Gasteiger charge is -2.23. The summed E-state index contributed by atoms with van der Waals surface area (Å²) in [6.45, 7) is 10.1. The Balaban J connectivity index is 2.11. The van der Waals surface area contributed by atoms with Crippen molar-refractivity contribution in [3.8, 4) is 11.5 Å². The Hall–Kier alpha value is -2.49. The van der Waals surface area contributed by atoms with Crippen LogP contribution in [0.25, 0.3) is 0 Å².